The Morgan fingerprint density at radius 2 is 2.21 bits per heavy atom. The maximum atomic E-state index is 11.1. The summed E-state index contributed by atoms with van der Waals surface area (Å²) in [5.74, 6) is -0.936. The number of hydrogen-bond acceptors (Lipinski definition) is 3. The van der Waals surface area contributed by atoms with Crippen molar-refractivity contribution in [3.8, 4) is 0 Å². The van der Waals surface area contributed by atoms with Crippen LogP contribution in [0.5, 0.6) is 0 Å². The van der Waals surface area contributed by atoms with Crippen molar-refractivity contribution < 1.29 is 14.8 Å². The van der Waals surface area contributed by atoms with Crippen LogP contribution in [0.1, 0.15) is 12.0 Å². The number of fused-ring (bicyclic) bond motifs is 1. The third-order valence-electron chi connectivity index (χ3n) is 2.92. The van der Waals surface area contributed by atoms with Crippen molar-refractivity contribution in [1.82, 2.24) is 4.57 Å². The van der Waals surface area contributed by atoms with E-state index < -0.39 is 10.9 Å². The third-order valence-corrected chi connectivity index (χ3v) is 3.14. The fraction of sp³-hybridized carbons (Fsp3) is 0.250. The van der Waals surface area contributed by atoms with Gasteiger partial charge in [-0.05, 0) is 18.1 Å². The van der Waals surface area contributed by atoms with Crippen molar-refractivity contribution in [2.75, 3.05) is 0 Å². The van der Waals surface area contributed by atoms with Crippen LogP contribution in [0.2, 0.25) is 5.02 Å². The first-order chi connectivity index (χ1) is 8.90. The van der Waals surface area contributed by atoms with Gasteiger partial charge in [-0.2, -0.15) is 0 Å². The fourth-order valence-electron chi connectivity index (χ4n) is 2.13. The van der Waals surface area contributed by atoms with E-state index in [9.17, 15) is 14.9 Å². The average Bonchev–Trinajstić information content (AvgIpc) is 2.62. The molecule has 0 spiro atoms. The molecule has 0 saturated carbocycles. The topological polar surface area (TPSA) is 85.4 Å². The minimum absolute atomic E-state index is 0.0705. The molecule has 1 heterocycles. The first kappa shape index (κ1) is 13.4. The van der Waals surface area contributed by atoms with E-state index in [0.29, 0.717) is 16.5 Å². The number of aliphatic carboxylic acids is 1. The summed E-state index contributed by atoms with van der Waals surface area (Å²) in [7, 11) is 1.74. The van der Waals surface area contributed by atoms with Gasteiger partial charge in [-0.25, -0.2) is 0 Å². The van der Waals surface area contributed by atoms with E-state index in [1.165, 1.54) is 6.07 Å². The van der Waals surface area contributed by atoms with Crippen LogP contribution in [0, 0.1) is 10.1 Å². The normalized spacial score (nSPS) is 10.8. The summed E-state index contributed by atoms with van der Waals surface area (Å²) in [5, 5.41) is 20.5. The number of nitrogens with zero attached hydrogens (tertiary/aromatic N) is 2. The Kier molecular flexibility index (Phi) is 3.44. The summed E-state index contributed by atoms with van der Waals surface area (Å²) < 4.78 is 1.71. The summed E-state index contributed by atoms with van der Waals surface area (Å²) in [6.45, 7) is 0. The number of nitro benzene ring substituents is 1. The lowest BCUT2D eigenvalue weighted by Crippen LogP contribution is -1.97. The van der Waals surface area contributed by atoms with E-state index in [-0.39, 0.29) is 23.6 Å². The second-order valence-corrected chi connectivity index (χ2v) is 4.67. The molecule has 1 aromatic carbocycles. The Labute approximate surface area is 113 Å². The predicted molar refractivity (Wildman–Crippen MR) is 70.5 cm³/mol. The van der Waals surface area contributed by atoms with Gasteiger partial charge in [0.2, 0.25) is 0 Å². The molecule has 2 aromatic rings. The lowest BCUT2D eigenvalue weighted by atomic mass is 10.1. The van der Waals surface area contributed by atoms with Crippen LogP contribution in [0.25, 0.3) is 10.9 Å². The summed E-state index contributed by atoms with van der Waals surface area (Å²) in [6.07, 6.45) is 1.88. The zero-order valence-corrected chi connectivity index (χ0v) is 10.8. The van der Waals surface area contributed by atoms with Crippen molar-refractivity contribution in [2.45, 2.75) is 12.8 Å². The van der Waals surface area contributed by atoms with Crippen molar-refractivity contribution in [2.24, 2.45) is 7.05 Å². The van der Waals surface area contributed by atoms with Crippen LogP contribution >= 0.6 is 11.6 Å². The van der Waals surface area contributed by atoms with Gasteiger partial charge in [0, 0.05) is 30.8 Å². The Morgan fingerprint density at radius 1 is 1.53 bits per heavy atom. The van der Waals surface area contributed by atoms with E-state index in [2.05, 4.69) is 0 Å². The van der Waals surface area contributed by atoms with Gasteiger partial charge in [-0.1, -0.05) is 11.6 Å². The fourth-order valence-corrected chi connectivity index (χ4v) is 2.34. The molecule has 100 valence electrons. The van der Waals surface area contributed by atoms with Gasteiger partial charge in [0.05, 0.1) is 15.8 Å². The molecule has 2 rings (SSSR count). The molecule has 0 bridgehead atoms. The van der Waals surface area contributed by atoms with Crippen molar-refractivity contribution in [3.05, 3.63) is 39.0 Å². The lowest BCUT2D eigenvalue weighted by Gasteiger charge is -2.00. The minimum atomic E-state index is -0.936. The number of carboxylic acid groups (broad SMARTS) is 1. The molecule has 0 atom stereocenters. The number of rotatable bonds is 4. The molecule has 19 heavy (non-hydrogen) atoms. The van der Waals surface area contributed by atoms with Crippen molar-refractivity contribution in [3.63, 3.8) is 0 Å². The van der Waals surface area contributed by atoms with Gasteiger partial charge in [0.25, 0.3) is 5.69 Å². The Morgan fingerprint density at radius 3 is 2.79 bits per heavy atom. The number of hydrogen-bond donors (Lipinski definition) is 1. The molecule has 0 radical (unpaired) electrons. The standard InChI is InChI=1S/C12H11ClN2O4/c1-14-6-7(2-3-11(16)17)12-9(14)4-8(13)5-10(12)15(18)19/h4-6H,2-3H2,1H3,(H,16,17). The van der Waals surface area contributed by atoms with Gasteiger partial charge in [-0.3, -0.25) is 14.9 Å². The van der Waals surface area contributed by atoms with Crippen LogP contribution < -0.4 is 0 Å². The number of nitro groups is 1. The molecular formula is C12H11ClN2O4. The molecule has 0 unspecified atom stereocenters. The highest BCUT2D eigenvalue weighted by Gasteiger charge is 2.20. The van der Waals surface area contributed by atoms with Crippen LogP contribution in [0.15, 0.2) is 18.3 Å². The molecule has 1 N–H and O–H groups in total. The average molecular weight is 283 g/mol. The van der Waals surface area contributed by atoms with Gasteiger partial charge in [-0.15, -0.1) is 0 Å². The highest BCUT2D eigenvalue weighted by Crippen LogP contribution is 2.33. The molecule has 7 heteroatoms. The first-order valence-electron chi connectivity index (χ1n) is 5.53. The quantitative estimate of drug-likeness (QED) is 0.690. The third kappa shape index (κ3) is 2.53. The Bertz CT molecular complexity index is 678. The smallest absolute Gasteiger partial charge is 0.303 e. The molecule has 1 aromatic heterocycles. The number of aromatic nitrogens is 1. The molecule has 0 fully saturated rings. The molecule has 0 saturated heterocycles. The van der Waals surface area contributed by atoms with Gasteiger partial charge in [0.15, 0.2) is 0 Å². The summed E-state index contributed by atoms with van der Waals surface area (Å²) >= 11 is 5.86. The van der Waals surface area contributed by atoms with Crippen LogP contribution in [-0.4, -0.2) is 20.6 Å². The SMILES string of the molecule is Cn1cc(CCC(=O)O)c2c([N+](=O)[O-])cc(Cl)cc21. The van der Waals surface area contributed by atoms with Crippen molar-refractivity contribution in [1.29, 1.82) is 0 Å². The van der Waals surface area contributed by atoms with Gasteiger partial charge >= 0.3 is 5.97 Å². The van der Waals surface area contributed by atoms with Crippen LogP contribution in [-0.2, 0) is 18.3 Å². The van der Waals surface area contributed by atoms with E-state index in [0.717, 1.165) is 0 Å². The summed E-state index contributed by atoms with van der Waals surface area (Å²) in [6, 6.07) is 2.92. The summed E-state index contributed by atoms with van der Waals surface area (Å²) in [5.41, 5.74) is 1.17. The Hall–Kier alpha value is -2.08. The monoisotopic (exact) mass is 282 g/mol. The van der Waals surface area contributed by atoms with E-state index in [4.69, 9.17) is 16.7 Å². The minimum Gasteiger partial charge on any atom is -0.481 e. The molecule has 0 aliphatic heterocycles. The number of non-ortho nitro benzene ring substituents is 1. The Balaban J connectivity index is 2.65. The zero-order valence-electron chi connectivity index (χ0n) is 10.1. The number of halogens is 1. The second kappa shape index (κ2) is 4.89. The largest absolute Gasteiger partial charge is 0.481 e. The maximum Gasteiger partial charge on any atom is 0.303 e. The van der Waals surface area contributed by atoms with Crippen molar-refractivity contribution >= 4 is 34.2 Å². The van der Waals surface area contributed by atoms with Crippen LogP contribution in [0.4, 0.5) is 5.69 Å². The molecule has 0 amide bonds. The second-order valence-electron chi connectivity index (χ2n) is 4.24. The number of carbonyl (C=O) groups is 1. The number of carboxylic acids is 1. The zero-order chi connectivity index (χ0) is 14.2. The van der Waals surface area contributed by atoms with Gasteiger partial charge < -0.3 is 9.67 Å². The molecule has 6 nitrogen and oxygen atoms in total. The first-order valence-corrected chi connectivity index (χ1v) is 5.91. The molecule has 0 aliphatic carbocycles. The molecular weight excluding hydrogens is 272 g/mol. The van der Waals surface area contributed by atoms with E-state index >= 15 is 0 Å². The highest BCUT2D eigenvalue weighted by atomic mass is 35.5. The summed E-state index contributed by atoms with van der Waals surface area (Å²) in [4.78, 5) is 21.2. The van der Waals surface area contributed by atoms with E-state index in [1.807, 2.05) is 0 Å². The number of aryl methyl sites for hydroxylation is 2. The highest BCUT2D eigenvalue weighted by molar-refractivity contribution is 6.31. The number of benzene rings is 1. The lowest BCUT2D eigenvalue weighted by molar-refractivity contribution is -0.383. The van der Waals surface area contributed by atoms with E-state index in [1.54, 1.807) is 23.9 Å². The maximum absolute atomic E-state index is 11.1. The van der Waals surface area contributed by atoms with Gasteiger partial charge in [0.1, 0.15) is 0 Å². The molecule has 0 aliphatic rings. The van der Waals surface area contributed by atoms with Crippen LogP contribution in [0.3, 0.4) is 0 Å². The predicted octanol–water partition coefficient (Wildman–Crippen LogP) is 2.76.